The molecule has 0 bridgehead atoms. The molecule has 0 amide bonds. The Kier molecular flexibility index (Phi) is 3.33. The zero-order valence-corrected chi connectivity index (χ0v) is 12.1. The van der Waals surface area contributed by atoms with Crippen molar-refractivity contribution in [3.63, 3.8) is 0 Å². The number of anilines is 1. The average molecular weight is 306 g/mol. The Bertz CT molecular complexity index is 781. The van der Waals surface area contributed by atoms with E-state index < -0.39 is 4.92 Å². The Hall–Kier alpha value is -2.06. The smallest absolute Gasteiger partial charge is 0.319 e. The first-order chi connectivity index (χ1) is 9.65. The fourth-order valence-corrected chi connectivity index (χ4v) is 3.30. The lowest BCUT2D eigenvalue weighted by Crippen LogP contribution is -2.02. The molecule has 3 aromatic rings. The number of nitro groups is 1. The van der Waals surface area contributed by atoms with Gasteiger partial charge in [-0.15, -0.1) is 22.7 Å². The van der Waals surface area contributed by atoms with Gasteiger partial charge in [0, 0.05) is 11.1 Å². The number of fused-ring (bicyclic) bond motifs is 1. The molecule has 0 atom stereocenters. The number of aryl methyl sites for hydroxylation is 1. The summed E-state index contributed by atoms with van der Waals surface area (Å²) in [6.07, 6.45) is 1.79. The summed E-state index contributed by atoms with van der Waals surface area (Å²) in [4.78, 5) is 20.3. The zero-order chi connectivity index (χ0) is 14.1. The highest BCUT2D eigenvalue weighted by Gasteiger charge is 2.20. The normalized spacial score (nSPS) is 10.8. The molecule has 0 saturated heterocycles. The number of rotatable bonds is 4. The predicted molar refractivity (Wildman–Crippen MR) is 80.5 cm³/mol. The third kappa shape index (κ3) is 2.35. The van der Waals surface area contributed by atoms with Gasteiger partial charge in [0.05, 0.1) is 21.7 Å². The van der Waals surface area contributed by atoms with E-state index in [4.69, 9.17) is 0 Å². The largest absolute Gasteiger partial charge is 0.373 e. The van der Waals surface area contributed by atoms with E-state index in [2.05, 4.69) is 15.3 Å². The highest BCUT2D eigenvalue weighted by atomic mass is 32.1. The lowest BCUT2D eigenvalue weighted by molar-refractivity contribution is -0.382. The molecule has 0 aliphatic rings. The predicted octanol–water partition coefficient (Wildman–Crippen LogP) is 3.58. The fourth-order valence-electron chi connectivity index (χ4n) is 1.90. The minimum atomic E-state index is -0.391. The molecule has 0 fully saturated rings. The molecule has 8 heteroatoms. The van der Waals surface area contributed by atoms with E-state index in [0.717, 1.165) is 14.6 Å². The van der Waals surface area contributed by atoms with Crippen LogP contribution in [0.2, 0.25) is 0 Å². The SMILES string of the molecule is Cc1cnc(CNc2ccc3scnc3c2[N+](=O)[O-])s1. The van der Waals surface area contributed by atoms with Crippen molar-refractivity contribution in [2.24, 2.45) is 0 Å². The zero-order valence-electron chi connectivity index (χ0n) is 10.5. The highest BCUT2D eigenvalue weighted by molar-refractivity contribution is 7.16. The van der Waals surface area contributed by atoms with Crippen LogP contribution in [0, 0.1) is 17.0 Å². The first-order valence-electron chi connectivity index (χ1n) is 5.81. The van der Waals surface area contributed by atoms with Crippen LogP contribution in [0.1, 0.15) is 9.88 Å². The van der Waals surface area contributed by atoms with Gasteiger partial charge in [0.1, 0.15) is 10.7 Å². The summed E-state index contributed by atoms with van der Waals surface area (Å²) >= 11 is 2.96. The topological polar surface area (TPSA) is 81.0 Å². The number of hydrogen-bond acceptors (Lipinski definition) is 7. The molecule has 2 heterocycles. The number of aromatic nitrogens is 2. The van der Waals surface area contributed by atoms with Crippen molar-refractivity contribution in [2.75, 3.05) is 5.32 Å². The van der Waals surface area contributed by atoms with Crippen molar-refractivity contribution in [3.8, 4) is 0 Å². The van der Waals surface area contributed by atoms with Crippen molar-refractivity contribution in [1.29, 1.82) is 0 Å². The Balaban J connectivity index is 1.94. The van der Waals surface area contributed by atoms with Crippen molar-refractivity contribution in [3.05, 3.63) is 43.8 Å². The fraction of sp³-hybridized carbons (Fsp3) is 0.167. The second-order valence-corrected chi connectivity index (χ2v) is 6.34. The monoisotopic (exact) mass is 306 g/mol. The minimum absolute atomic E-state index is 0.0250. The molecule has 0 aliphatic heterocycles. The standard InChI is InChI=1S/C12H10N4O2S2/c1-7-4-14-10(20-7)5-13-8-2-3-9-11(15-6-19-9)12(8)16(17)18/h2-4,6,13H,5H2,1H3. The minimum Gasteiger partial charge on any atom is -0.373 e. The van der Waals surface area contributed by atoms with Crippen LogP contribution in [0.5, 0.6) is 0 Å². The quantitative estimate of drug-likeness (QED) is 0.588. The third-order valence-corrected chi connectivity index (χ3v) is 4.46. The van der Waals surface area contributed by atoms with E-state index in [1.165, 1.54) is 11.3 Å². The van der Waals surface area contributed by atoms with Gasteiger partial charge in [0.2, 0.25) is 0 Å². The average Bonchev–Trinajstić information content (AvgIpc) is 3.03. The van der Waals surface area contributed by atoms with Gasteiger partial charge in [-0.25, -0.2) is 9.97 Å². The van der Waals surface area contributed by atoms with Crippen molar-refractivity contribution >= 4 is 44.3 Å². The maximum Gasteiger partial charge on any atom is 0.319 e. The van der Waals surface area contributed by atoms with Gasteiger partial charge in [0.25, 0.3) is 0 Å². The molecule has 0 saturated carbocycles. The molecular formula is C12H10N4O2S2. The molecule has 6 nitrogen and oxygen atoms in total. The first-order valence-corrected chi connectivity index (χ1v) is 7.50. The van der Waals surface area contributed by atoms with Crippen molar-refractivity contribution < 1.29 is 4.92 Å². The Morgan fingerprint density at radius 2 is 2.25 bits per heavy atom. The van der Waals surface area contributed by atoms with Gasteiger partial charge in [-0.3, -0.25) is 10.1 Å². The van der Waals surface area contributed by atoms with Crippen LogP contribution >= 0.6 is 22.7 Å². The molecule has 0 spiro atoms. The van der Waals surface area contributed by atoms with E-state index in [1.54, 1.807) is 29.1 Å². The molecule has 0 aliphatic carbocycles. The van der Waals surface area contributed by atoms with Crippen LogP contribution in [-0.4, -0.2) is 14.9 Å². The van der Waals surface area contributed by atoms with Crippen LogP contribution in [0.15, 0.2) is 23.8 Å². The van der Waals surface area contributed by atoms with E-state index >= 15 is 0 Å². The van der Waals surface area contributed by atoms with Gasteiger partial charge in [-0.2, -0.15) is 0 Å². The number of thiazole rings is 2. The van der Waals surface area contributed by atoms with Crippen LogP contribution in [0.4, 0.5) is 11.4 Å². The maximum absolute atomic E-state index is 11.3. The van der Waals surface area contributed by atoms with Crippen molar-refractivity contribution in [1.82, 2.24) is 9.97 Å². The first kappa shape index (κ1) is 12.9. The number of benzene rings is 1. The third-order valence-electron chi connectivity index (χ3n) is 2.76. The van der Waals surface area contributed by atoms with Gasteiger partial charge >= 0.3 is 5.69 Å². The Morgan fingerprint density at radius 3 is 2.95 bits per heavy atom. The molecule has 3 rings (SSSR count). The van der Waals surface area contributed by atoms with Gasteiger partial charge in [0.15, 0.2) is 5.52 Å². The summed E-state index contributed by atoms with van der Waals surface area (Å²) in [5.74, 6) is 0. The molecule has 102 valence electrons. The lowest BCUT2D eigenvalue weighted by atomic mass is 10.2. The molecule has 2 aromatic heterocycles. The summed E-state index contributed by atoms with van der Waals surface area (Å²) in [6, 6.07) is 3.56. The van der Waals surface area contributed by atoms with E-state index in [9.17, 15) is 10.1 Å². The van der Waals surface area contributed by atoms with Crippen LogP contribution in [-0.2, 0) is 6.54 Å². The number of nitrogens with zero attached hydrogens (tertiary/aromatic N) is 3. The van der Waals surface area contributed by atoms with Crippen LogP contribution < -0.4 is 5.32 Å². The number of nitro benzene ring substituents is 1. The summed E-state index contributed by atoms with van der Waals surface area (Å²) in [5, 5.41) is 15.2. The second-order valence-electron chi connectivity index (χ2n) is 4.14. The maximum atomic E-state index is 11.3. The van der Waals surface area contributed by atoms with Crippen LogP contribution in [0.25, 0.3) is 10.2 Å². The molecule has 1 aromatic carbocycles. The van der Waals surface area contributed by atoms with Crippen LogP contribution in [0.3, 0.4) is 0 Å². The summed E-state index contributed by atoms with van der Waals surface area (Å²) in [6.45, 7) is 2.44. The lowest BCUT2D eigenvalue weighted by Gasteiger charge is -2.05. The molecular weight excluding hydrogens is 296 g/mol. The Labute approximate surface area is 122 Å². The number of hydrogen-bond donors (Lipinski definition) is 1. The summed E-state index contributed by atoms with van der Waals surface area (Å²) in [7, 11) is 0. The molecule has 0 unspecified atom stereocenters. The molecule has 20 heavy (non-hydrogen) atoms. The second kappa shape index (κ2) is 5.14. The van der Waals surface area contributed by atoms with E-state index in [0.29, 0.717) is 17.7 Å². The number of nitrogens with one attached hydrogen (secondary N) is 1. The van der Waals surface area contributed by atoms with Crippen molar-refractivity contribution in [2.45, 2.75) is 13.5 Å². The summed E-state index contributed by atoms with van der Waals surface area (Å²) < 4.78 is 0.812. The van der Waals surface area contributed by atoms with Gasteiger partial charge in [-0.1, -0.05) is 0 Å². The van der Waals surface area contributed by atoms with Gasteiger partial charge < -0.3 is 5.32 Å². The Morgan fingerprint density at radius 1 is 1.40 bits per heavy atom. The molecule has 1 N–H and O–H groups in total. The van der Waals surface area contributed by atoms with E-state index in [1.807, 2.05) is 13.0 Å². The van der Waals surface area contributed by atoms with Gasteiger partial charge in [-0.05, 0) is 19.1 Å². The summed E-state index contributed by atoms with van der Waals surface area (Å²) in [5.41, 5.74) is 2.55. The van der Waals surface area contributed by atoms with E-state index in [-0.39, 0.29) is 5.69 Å². The molecule has 0 radical (unpaired) electrons. The highest BCUT2D eigenvalue weighted by Crippen LogP contribution is 2.34.